The van der Waals surface area contributed by atoms with Crippen molar-refractivity contribution in [3.63, 3.8) is 0 Å². The third kappa shape index (κ3) is 3.66. The first-order chi connectivity index (χ1) is 6.17. The van der Waals surface area contributed by atoms with Crippen LogP contribution in [-0.4, -0.2) is 0 Å². The van der Waals surface area contributed by atoms with Crippen LogP contribution in [0.25, 0.3) is 0 Å². The van der Waals surface area contributed by atoms with Crippen LogP contribution < -0.4 is 0 Å². The molecule has 0 rings (SSSR count). The largest absolute Gasteiger partial charge is 0.206 e. The van der Waals surface area contributed by atoms with E-state index in [9.17, 15) is 8.78 Å². The van der Waals surface area contributed by atoms with Crippen LogP contribution >= 0.6 is 0 Å². The van der Waals surface area contributed by atoms with Crippen molar-refractivity contribution in [1.29, 1.82) is 5.26 Å². The summed E-state index contributed by atoms with van der Waals surface area (Å²) in [5.74, 6) is -1.65. The third-order valence-electron chi connectivity index (χ3n) is 1.29. The summed E-state index contributed by atoms with van der Waals surface area (Å²) >= 11 is 0. The Labute approximate surface area is 76.7 Å². The minimum atomic E-state index is -0.841. The highest BCUT2D eigenvalue weighted by Crippen LogP contribution is 2.18. The topological polar surface area (TPSA) is 23.8 Å². The van der Waals surface area contributed by atoms with Crippen molar-refractivity contribution in [2.45, 2.75) is 20.3 Å². The molecule has 0 radical (unpaired) electrons. The minimum Gasteiger partial charge on any atom is -0.206 e. The maximum Gasteiger partial charge on any atom is 0.143 e. The predicted molar refractivity (Wildman–Crippen MR) is 48.0 cm³/mol. The Morgan fingerprint density at radius 1 is 1.46 bits per heavy atom. The number of nitriles is 1. The van der Waals surface area contributed by atoms with E-state index in [1.807, 2.05) is 0 Å². The Bertz CT molecular complexity index is 293. The summed E-state index contributed by atoms with van der Waals surface area (Å²) in [5.41, 5.74) is -0.542. The molecule has 0 heterocycles. The zero-order valence-corrected chi connectivity index (χ0v) is 7.64. The van der Waals surface area contributed by atoms with Gasteiger partial charge in [-0.1, -0.05) is 13.0 Å². The molecule has 0 N–H and O–H groups in total. The van der Waals surface area contributed by atoms with Crippen LogP contribution in [0, 0.1) is 11.3 Å². The maximum absolute atomic E-state index is 12.9. The molecule has 0 aromatic rings. The average molecular weight is 183 g/mol. The van der Waals surface area contributed by atoms with Crippen molar-refractivity contribution in [3.05, 3.63) is 35.5 Å². The lowest BCUT2D eigenvalue weighted by Gasteiger charge is -1.94. The summed E-state index contributed by atoms with van der Waals surface area (Å²) in [4.78, 5) is 0. The first kappa shape index (κ1) is 11.6. The highest BCUT2D eigenvalue weighted by Gasteiger charge is 2.08. The number of nitrogens with zero attached hydrogens (tertiary/aromatic N) is 1. The van der Waals surface area contributed by atoms with Gasteiger partial charge < -0.3 is 0 Å². The molecule has 3 heteroatoms. The lowest BCUT2D eigenvalue weighted by Crippen LogP contribution is -1.83. The molecule has 0 aliphatic rings. The van der Waals surface area contributed by atoms with Crippen LogP contribution in [0.4, 0.5) is 8.78 Å². The van der Waals surface area contributed by atoms with Crippen molar-refractivity contribution in [3.8, 4) is 6.07 Å². The van der Waals surface area contributed by atoms with Gasteiger partial charge in [-0.2, -0.15) is 5.26 Å². The minimum absolute atomic E-state index is 0.431. The highest BCUT2D eigenvalue weighted by molar-refractivity contribution is 5.43. The van der Waals surface area contributed by atoms with Gasteiger partial charge in [-0.3, -0.25) is 0 Å². The van der Waals surface area contributed by atoms with Gasteiger partial charge in [0, 0.05) is 0 Å². The van der Waals surface area contributed by atoms with E-state index in [4.69, 9.17) is 5.26 Å². The molecule has 1 nitrogen and oxygen atoms in total. The fourth-order valence-electron chi connectivity index (χ4n) is 0.732. The van der Waals surface area contributed by atoms with E-state index in [1.165, 1.54) is 18.2 Å². The molecule has 0 atom stereocenters. The van der Waals surface area contributed by atoms with Crippen LogP contribution in [0.3, 0.4) is 0 Å². The molecule has 13 heavy (non-hydrogen) atoms. The lowest BCUT2D eigenvalue weighted by molar-refractivity contribution is 0.616. The van der Waals surface area contributed by atoms with Crippen LogP contribution in [0.15, 0.2) is 35.5 Å². The molecule has 0 aromatic carbocycles. The van der Waals surface area contributed by atoms with E-state index >= 15 is 0 Å². The van der Waals surface area contributed by atoms with Gasteiger partial charge in [0.15, 0.2) is 0 Å². The van der Waals surface area contributed by atoms with Crippen molar-refractivity contribution < 1.29 is 8.78 Å². The molecule has 0 fully saturated rings. The Hall–Kier alpha value is -1.43. The van der Waals surface area contributed by atoms with E-state index in [1.54, 1.807) is 13.8 Å². The summed E-state index contributed by atoms with van der Waals surface area (Å²) in [6.07, 6.45) is 4.06. The Morgan fingerprint density at radius 2 is 2.08 bits per heavy atom. The van der Waals surface area contributed by atoms with Gasteiger partial charge >= 0.3 is 0 Å². The SMILES string of the molecule is C/C=C/C(F)=C(C#N)\C(F)=C/CC. The molecule has 0 bridgehead atoms. The molecule has 0 unspecified atom stereocenters. The van der Waals surface area contributed by atoms with Crippen LogP contribution in [0.2, 0.25) is 0 Å². The molecular weight excluding hydrogens is 172 g/mol. The summed E-state index contributed by atoms with van der Waals surface area (Å²) in [5, 5.41) is 8.46. The number of hydrogen-bond donors (Lipinski definition) is 0. The standard InChI is InChI=1S/C10H11F2N/c1-3-5-9(11)8(7-13)10(12)6-4-2/h3,5-6H,4H2,1-2H3/b5-3+,9-8+,10-6+. The van der Waals surface area contributed by atoms with E-state index in [2.05, 4.69) is 0 Å². The van der Waals surface area contributed by atoms with Crippen LogP contribution in [-0.2, 0) is 0 Å². The zero-order chi connectivity index (χ0) is 10.3. The predicted octanol–water partition coefficient (Wildman–Crippen LogP) is 3.57. The van der Waals surface area contributed by atoms with Crippen molar-refractivity contribution in [1.82, 2.24) is 0 Å². The number of hydrogen-bond acceptors (Lipinski definition) is 1. The van der Waals surface area contributed by atoms with Gasteiger partial charge in [-0.05, 0) is 25.5 Å². The van der Waals surface area contributed by atoms with Gasteiger partial charge in [0.2, 0.25) is 0 Å². The molecule has 0 saturated carbocycles. The number of rotatable bonds is 3. The second-order valence-corrected chi connectivity index (χ2v) is 2.30. The molecule has 0 aromatic heterocycles. The van der Waals surface area contributed by atoms with Gasteiger partial charge in [-0.25, -0.2) is 8.78 Å². The fourth-order valence-corrected chi connectivity index (χ4v) is 0.732. The highest BCUT2D eigenvalue weighted by atomic mass is 19.1. The van der Waals surface area contributed by atoms with Crippen molar-refractivity contribution in [2.24, 2.45) is 0 Å². The normalized spacial score (nSPS) is 14.2. The maximum atomic E-state index is 12.9. The van der Waals surface area contributed by atoms with Gasteiger partial charge in [-0.15, -0.1) is 0 Å². The van der Waals surface area contributed by atoms with Gasteiger partial charge in [0.25, 0.3) is 0 Å². The van der Waals surface area contributed by atoms with Gasteiger partial charge in [0.05, 0.1) is 0 Å². The molecule has 0 spiro atoms. The van der Waals surface area contributed by atoms with E-state index in [-0.39, 0.29) is 0 Å². The average Bonchev–Trinajstić information content (AvgIpc) is 2.06. The quantitative estimate of drug-likeness (QED) is 0.484. The first-order valence-electron chi connectivity index (χ1n) is 3.95. The smallest absolute Gasteiger partial charge is 0.143 e. The molecule has 0 aliphatic heterocycles. The Balaban J connectivity index is 5.02. The zero-order valence-electron chi connectivity index (χ0n) is 7.64. The molecule has 0 aliphatic carbocycles. The second-order valence-electron chi connectivity index (χ2n) is 2.30. The van der Waals surface area contributed by atoms with Crippen molar-refractivity contribution >= 4 is 0 Å². The summed E-state index contributed by atoms with van der Waals surface area (Å²) in [6, 6.07) is 1.48. The number of halogens is 2. The van der Waals surface area contributed by atoms with E-state index in [0.717, 1.165) is 6.08 Å². The summed E-state index contributed by atoms with van der Waals surface area (Å²) in [6.45, 7) is 3.30. The third-order valence-corrected chi connectivity index (χ3v) is 1.29. The Kier molecular flexibility index (Phi) is 5.45. The first-order valence-corrected chi connectivity index (χ1v) is 3.95. The molecule has 0 amide bonds. The monoisotopic (exact) mass is 183 g/mol. The fraction of sp³-hybridized carbons (Fsp3) is 0.300. The Morgan fingerprint density at radius 3 is 2.46 bits per heavy atom. The molecule has 70 valence electrons. The van der Waals surface area contributed by atoms with E-state index in [0.29, 0.717) is 6.42 Å². The number of allylic oxidation sites excluding steroid dienone is 6. The molecular formula is C10H11F2N. The van der Waals surface area contributed by atoms with Crippen molar-refractivity contribution in [2.75, 3.05) is 0 Å². The lowest BCUT2D eigenvalue weighted by atomic mass is 10.2. The summed E-state index contributed by atoms with van der Waals surface area (Å²) in [7, 11) is 0. The van der Waals surface area contributed by atoms with Gasteiger partial charge in [0.1, 0.15) is 23.3 Å². The van der Waals surface area contributed by atoms with Crippen LogP contribution in [0.5, 0.6) is 0 Å². The molecule has 0 saturated heterocycles. The summed E-state index contributed by atoms with van der Waals surface area (Å²) < 4.78 is 25.9. The van der Waals surface area contributed by atoms with E-state index < -0.39 is 17.2 Å². The second kappa shape index (κ2) is 6.13. The van der Waals surface area contributed by atoms with Crippen LogP contribution in [0.1, 0.15) is 20.3 Å².